The predicted molar refractivity (Wildman–Crippen MR) is 90.4 cm³/mol. The molecule has 0 aromatic carbocycles. The molecule has 0 fully saturated rings. The molecule has 1 aromatic rings. The van der Waals surface area contributed by atoms with E-state index in [4.69, 9.17) is 4.74 Å². The summed E-state index contributed by atoms with van der Waals surface area (Å²) in [4.78, 5) is 27.4. The van der Waals surface area contributed by atoms with Crippen LogP contribution >= 0.6 is 11.8 Å². The van der Waals surface area contributed by atoms with Crippen LogP contribution < -0.4 is 5.32 Å². The van der Waals surface area contributed by atoms with Gasteiger partial charge in [0, 0.05) is 22.9 Å². The highest BCUT2D eigenvalue weighted by Gasteiger charge is 2.38. The maximum absolute atomic E-state index is 11.9. The molecule has 128 valence electrons. The molecule has 0 saturated carbocycles. The molecule has 0 unspecified atom stereocenters. The van der Waals surface area contributed by atoms with Crippen molar-refractivity contribution in [3.63, 3.8) is 0 Å². The Hall–Kier alpha value is -1.76. The Morgan fingerprint density at radius 1 is 1.26 bits per heavy atom. The molecule has 1 aromatic heterocycles. The Kier molecular flexibility index (Phi) is 6.44. The average Bonchev–Trinajstić information content (AvgIpc) is 2.41. The van der Waals surface area contributed by atoms with E-state index >= 15 is 0 Å². The lowest BCUT2D eigenvalue weighted by Gasteiger charge is -2.32. The number of hydrogen-bond acceptors (Lipinski definition) is 5. The summed E-state index contributed by atoms with van der Waals surface area (Å²) in [6.45, 7) is 8.76. The summed E-state index contributed by atoms with van der Waals surface area (Å²) < 4.78 is 4.43. The van der Waals surface area contributed by atoms with Crippen molar-refractivity contribution in [2.75, 3.05) is 0 Å². The Morgan fingerprint density at radius 3 is 2.30 bits per heavy atom. The summed E-state index contributed by atoms with van der Waals surface area (Å²) in [6.07, 6.45) is 2.65. The molecule has 1 heterocycles. The second-order valence-electron chi connectivity index (χ2n) is 6.67. The van der Waals surface area contributed by atoms with Gasteiger partial charge in [-0.05, 0) is 52.3 Å². The zero-order chi connectivity index (χ0) is 17.7. The molecular formula is C16H24N2O4S. The van der Waals surface area contributed by atoms with E-state index in [1.165, 1.54) is 11.8 Å². The number of carbonyl (C=O) groups is 2. The number of rotatable bonds is 6. The largest absolute Gasteiger partial charge is 0.480 e. The first kappa shape index (κ1) is 19.3. The monoisotopic (exact) mass is 340 g/mol. The van der Waals surface area contributed by atoms with Crippen LogP contribution in [0.3, 0.4) is 0 Å². The van der Waals surface area contributed by atoms with Crippen LogP contribution in [0.25, 0.3) is 0 Å². The summed E-state index contributed by atoms with van der Waals surface area (Å²) in [5.41, 5.74) is 0.362. The number of nitrogens with one attached hydrogen (secondary N) is 1. The maximum atomic E-state index is 11.9. The number of amides is 1. The first-order chi connectivity index (χ1) is 10.5. The summed E-state index contributed by atoms with van der Waals surface area (Å²) in [5, 5.41) is 11.9. The summed E-state index contributed by atoms with van der Waals surface area (Å²) in [5.74, 6) is -0.474. The number of carbonyl (C=O) groups excluding carboxylic acids is 1. The van der Waals surface area contributed by atoms with E-state index in [1.807, 2.05) is 12.1 Å². The molecule has 0 spiro atoms. The number of carboxylic acid groups (broad SMARTS) is 1. The third-order valence-corrected chi connectivity index (χ3v) is 4.42. The van der Waals surface area contributed by atoms with E-state index < -0.39 is 28.5 Å². The smallest absolute Gasteiger partial charge is 0.408 e. The van der Waals surface area contributed by atoms with Crippen LogP contribution in [0.2, 0.25) is 0 Å². The highest BCUT2D eigenvalue weighted by Crippen LogP contribution is 2.31. The van der Waals surface area contributed by atoms with E-state index in [0.29, 0.717) is 5.75 Å². The van der Waals surface area contributed by atoms with Gasteiger partial charge in [-0.1, -0.05) is 0 Å². The van der Waals surface area contributed by atoms with Crippen LogP contribution in [0.1, 0.15) is 40.2 Å². The number of alkyl carbamates (subject to hydrolysis) is 1. The molecule has 1 atom stereocenters. The standard InChI is InChI=1S/C16H24N2O4S/c1-15(2,3)22-14(21)18-12(13(19)20)16(4,5)23-10-11-6-8-17-9-7-11/h6-9,12H,10H2,1-5H3,(H,18,21)(H,19,20)/t12-/m1/s1. The molecule has 0 aliphatic carbocycles. The van der Waals surface area contributed by atoms with Crippen molar-refractivity contribution in [2.45, 2.75) is 56.8 Å². The van der Waals surface area contributed by atoms with Gasteiger partial charge in [-0.2, -0.15) is 0 Å². The van der Waals surface area contributed by atoms with Gasteiger partial charge in [0.1, 0.15) is 11.6 Å². The van der Waals surface area contributed by atoms with E-state index in [2.05, 4.69) is 10.3 Å². The predicted octanol–water partition coefficient (Wildman–Crippen LogP) is 3.07. The second kappa shape index (κ2) is 7.68. The second-order valence-corrected chi connectivity index (χ2v) is 8.29. The molecule has 7 heteroatoms. The third-order valence-electron chi connectivity index (χ3n) is 2.96. The highest BCUT2D eigenvalue weighted by atomic mass is 32.2. The van der Waals surface area contributed by atoms with Crippen molar-refractivity contribution >= 4 is 23.8 Å². The molecule has 6 nitrogen and oxygen atoms in total. The summed E-state index contributed by atoms with van der Waals surface area (Å²) >= 11 is 1.45. The van der Waals surface area contributed by atoms with Crippen LogP contribution in [-0.2, 0) is 15.3 Å². The van der Waals surface area contributed by atoms with Crippen molar-refractivity contribution in [3.05, 3.63) is 30.1 Å². The molecule has 1 rings (SSSR count). The average molecular weight is 340 g/mol. The molecule has 23 heavy (non-hydrogen) atoms. The number of nitrogens with zero attached hydrogens (tertiary/aromatic N) is 1. The minimum atomic E-state index is -1.09. The van der Waals surface area contributed by atoms with Crippen LogP contribution in [0.15, 0.2) is 24.5 Å². The van der Waals surface area contributed by atoms with Gasteiger partial charge in [-0.15, -0.1) is 11.8 Å². The van der Waals surface area contributed by atoms with Gasteiger partial charge in [0.05, 0.1) is 0 Å². The highest BCUT2D eigenvalue weighted by molar-refractivity contribution is 7.99. The minimum absolute atomic E-state index is 0.620. The van der Waals surface area contributed by atoms with Gasteiger partial charge in [0.25, 0.3) is 0 Å². The van der Waals surface area contributed by atoms with Gasteiger partial charge in [-0.25, -0.2) is 9.59 Å². The number of aliphatic carboxylic acids is 1. The molecule has 0 saturated heterocycles. The molecule has 0 aliphatic rings. The van der Waals surface area contributed by atoms with E-state index in [0.717, 1.165) is 5.56 Å². The lowest BCUT2D eigenvalue weighted by atomic mass is 10.0. The van der Waals surface area contributed by atoms with Crippen molar-refractivity contribution in [3.8, 4) is 0 Å². The quantitative estimate of drug-likeness (QED) is 0.827. The summed E-state index contributed by atoms with van der Waals surface area (Å²) in [6, 6.07) is 2.68. The molecule has 0 aliphatic heterocycles. The van der Waals surface area contributed by atoms with Crippen LogP contribution in [0.5, 0.6) is 0 Å². The molecule has 0 bridgehead atoms. The number of pyridine rings is 1. The van der Waals surface area contributed by atoms with Crippen molar-refractivity contribution in [2.24, 2.45) is 0 Å². The zero-order valence-corrected chi connectivity index (χ0v) is 14.9. The Morgan fingerprint density at radius 2 is 1.83 bits per heavy atom. The Bertz CT molecular complexity index is 541. The molecule has 0 radical (unpaired) electrons. The normalized spacial score (nSPS) is 13.3. The van der Waals surface area contributed by atoms with E-state index in [-0.39, 0.29) is 0 Å². The first-order valence-electron chi connectivity index (χ1n) is 7.26. The third kappa shape index (κ3) is 6.90. The summed E-state index contributed by atoms with van der Waals surface area (Å²) in [7, 11) is 0. The molecular weight excluding hydrogens is 316 g/mol. The van der Waals surface area contributed by atoms with E-state index in [1.54, 1.807) is 47.0 Å². The van der Waals surface area contributed by atoms with Crippen molar-refractivity contribution in [1.29, 1.82) is 0 Å². The van der Waals surface area contributed by atoms with Crippen LogP contribution in [-0.4, -0.2) is 38.5 Å². The van der Waals surface area contributed by atoms with Gasteiger partial charge in [-0.3, -0.25) is 4.98 Å². The van der Waals surface area contributed by atoms with E-state index in [9.17, 15) is 14.7 Å². The maximum Gasteiger partial charge on any atom is 0.408 e. The number of aromatic nitrogens is 1. The number of hydrogen-bond donors (Lipinski definition) is 2. The van der Waals surface area contributed by atoms with Gasteiger partial charge in [0.15, 0.2) is 0 Å². The van der Waals surface area contributed by atoms with Gasteiger partial charge >= 0.3 is 12.1 Å². The van der Waals surface area contributed by atoms with Crippen LogP contribution in [0, 0.1) is 0 Å². The lowest BCUT2D eigenvalue weighted by Crippen LogP contribution is -2.53. The minimum Gasteiger partial charge on any atom is -0.480 e. The molecule has 2 N–H and O–H groups in total. The first-order valence-corrected chi connectivity index (χ1v) is 8.25. The topological polar surface area (TPSA) is 88.5 Å². The SMILES string of the molecule is CC(C)(C)OC(=O)N[C@H](C(=O)O)C(C)(C)SCc1ccncc1. The fourth-order valence-electron chi connectivity index (χ4n) is 1.79. The lowest BCUT2D eigenvalue weighted by molar-refractivity contribution is -0.140. The fourth-order valence-corrected chi connectivity index (χ4v) is 2.85. The fraction of sp³-hybridized carbons (Fsp3) is 0.562. The number of ether oxygens (including phenoxy) is 1. The van der Waals surface area contributed by atoms with Gasteiger partial charge in [0.2, 0.25) is 0 Å². The van der Waals surface area contributed by atoms with Crippen molar-refractivity contribution in [1.82, 2.24) is 10.3 Å². The van der Waals surface area contributed by atoms with Gasteiger partial charge < -0.3 is 15.2 Å². The molecule has 1 amide bonds. The zero-order valence-electron chi connectivity index (χ0n) is 14.1. The Balaban J connectivity index is 2.74. The number of carboxylic acids is 1. The van der Waals surface area contributed by atoms with Crippen molar-refractivity contribution < 1.29 is 19.4 Å². The number of thioether (sulfide) groups is 1. The Labute approximate surface area is 141 Å². The van der Waals surface area contributed by atoms with Crippen LogP contribution in [0.4, 0.5) is 4.79 Å².